The number of benzene rings is 3. The Morgan fingerprint density at radius 3 is 2.57 bits per heavy atom. The van der Waals surface area contributed by atoms with E-state index in [0.717, 1.165) is 40.0 Å². The highest BCUT2D eigenvalue weighted by Gasteiger charge is 2.28. The summed E-state index contributed by atoms with van der Waals surface area (Å²) < 4.78 is 0. The van der Waals surface area contributed by atoms with Gasteiger partial charge in [0, 0.05) is 23.4 Å². The Hall–Kier alpha value is -3.40. The fourth-order valence-electron chi connectivity index (χ4n) is 4.04. The molecule has 5 rings (SSSR count). The first kappa shape index (κ1) is 18.6. The van der Waals surface area contributed by atoms with Crippen LogP contribution in [0.15, 0.2) is 66.7 Å². The molecule has 30 heavy (non-hydrogen) atoms. The number of nitrogens with one attached hydrogen (secondary N) is 1. The molecule has 0 bridgehead atoms. The Kier molecular flexibility index (Phi) is 4.62. The number of nitrogens with zero attached hydrogens (tertiary/aromatic N) is 1. The molecule has 0 radical (unpaired) electrons. The van der Waals surface area contributed by atoms with Gasteiger partial charge in [-0.25, -0.2) is 0 Å². The summed E-state index contributed by atoms with van der Waals surface area (Å²) in [6.07, 6.45) is 2.43. The number of hydrogen-bond donors (Lipinski definition) is 1. The number of rotatable bonds is 5. The van der Waals surface area contributed by atoms with Gasteiger partial charge in [-0.2, -0.15) is 0 Å². The lowest BCUT2D eigenvalue weighted by molar-refractivity contribution is 0.0950. The van der Waals surface area contributed by atoms with Crippen molar-refractivity contribution in [3.63, 3.8) is 0 Å². The number of fused-ring (bicyclic) bond motifs is 1. The second-order valence-corrected chi connectivity index (χ2v) is 8.28. The maximum Gasteiger partial charge on any atom is 0.258 e. The van der Waals surface area contributed by atoms with E-state index in [0.29, 0.717) is 18.0 Å². The number of para-hydroxylation sites is 1. The standard InChI is InChI=1S/C26H24N2O2/c1-17-7-10-20(25(29)27-15-18-8-9-18)14-24(17)19-11-12-23-21(13-19)16-28(26(23)30)22-5-3-2-4-6-22/h2-7,10-14,18H,8-9,15-16H2,1H3,(H,27,29). The molecule has 1 heterocycles. The Balaban J connectivity index is 1.43. The number of hydrogen-bond acceptors (Lipinski definition) is 2. The summed E-state index contributed by atoms with van der Waals surface area (Å²) in [5.41, 5.74) is 6.53. The molecular weight excluding hydrogens is 372 g/mol. The van der Waals surface area contributed by atoms with Crippen LogP contribution in [-0.2, 0) is 6.54 Å². The Labute approximate surface area is 176 Å². The van der Waals surface area contributed by atoms with Gasteiger partial charge in [0.15, 0.2) is 0 Å². The van der Waals surface area contributed by atoms with Crippen molar-refractivity contribution in [3.8, 4) is 11.1 Å². The van der Waals surface area contributed by atoms with Gasteiger partial charge in [-0.05, 0) is 84.3 Å². The molecule has 0 unspecified atom stereocenters. The smallest absolute Gasteiger partial charge is 0.258 e. The van der Waals surface area contributed by atoms with Gasteiger partial charge in [-0.15, -0.1) is 0 Å². The molecule has 1 saturated carbocycles. The van der Waals surface area contributed by atoms with Gasteiger partial charge in [0.1, 0.15) is 0 Å². The van der Waals surface area contributed by atoms with Crippen LogP contribution in [0, 0.1) is 12.8 Å². The van der Waals surface area contributed by atoms with Gasteiger partial charge < -0.3 is 10.2 Å². The van der Waals surface area contributed by atoms with E-state index in [-0.39, 0.29) is 11.8 Å². The molecule has 0 aromatic heterocycles. The van der Waals surface area contributed by atoms with Gasteiger partial charge in [0.05, 0.1) is 6.54 Å². The van der Waals surface area contributed by atoms with Crippen molar-refractivity contribution in [2.24, 2.45) is 5.92 Å². The predicted molar refractivity (Wildman–Crippen MR) is 119 cm³/mol. The van der Waals surface area contributed by atoms with Crippen LogP contribution in [0.25, 0.3) is 11.1 Å². The van der Waals surface area contributed by atoms with Crippen molar-refractivity contribution >= 4 is 17.5 Å². The first-order valence-corrected chi connectivity index (χ1v) is 10.5. The van der Waals surface area contributed by atoms with E-state index in [1.54, 1.807) is 0 Å². The van der Waals surface area contributed by atoms with Crippen molar-refractivity contribution in [1.82, 2.24) is 5.32 Å². The van der Waals surface area contributed by atoms with Crippen molar-refractivity contribution in [2.45, 2.75) is 26.3 Å². The first-order valence-electron chi connectivity index (χ1n) is 10.5. The highest BCUT2D eigenvalue weighted by molar-refractivity contribution is 6.10. The molecule has 150 valence electrons. The van der Waals surface area contributed by atoms with Crippen molar-refractivity contribution < 1.29 is 9.59 Å². The maximum atomic E-state index is 12.9. The average molecular weight is 396 g/mol. The van der Waals surface area contributed by atoms with Gasteiger partial charge >= 0.3 is 0 Å². The summed E-state index contributed by atoms with van der Waals surface area (Å²) in [7, 11) is 0. The fourth-order valence-corrected chi connectivity index (χ4v) is 4.04. The summed E-state index contributed by atoms with van der Waals surface area (Å²) in [5, 5.41) is 3.04. The molecule has 3 aromatic rings. The SMILES string of the molecule is Cc1ccc(C(=O)NCC2CC2)cc1-c1ccc2c(c1)CN(c1ccccc1)C2=O. The summed E-state index contributed by atoms with van der Waals surface area (Å²) >= 11 is 0. The number of carbonyl (C=O) groups excluding carboxylic acids is 2. The zero-order valence-electron chi connectivity index (χ0n) is 17.0. The van der Waals surface area contributed by atoms with Crippen LogP contribution in [0.3, 0.4) is 0 Å². The Bertz CT molecular complexity index is 1130. The average Bonchev–Trinajstić information content (AvgIpc) is 3.55. The molecule has 1 fully saturated rings. The molecule has 0 atom stereocenters. The van der Waals surface area contributed by atoms with Crippen LogP contribution in [-0.4, -0.2) is 18.4 Å². The molecule has 4 nitrogen and oxygen atoms in total. The number of carbonyl (C=O) groups is 2. The van der Waals surface area contributed by atoms with E-state index in [9.17, 15) is 9.59 Å². The molecule has 0 spiro atoms. The van der Waals surface area contributed by atoms with Crippen molar-refractivity contribution in [3.05, 3.63) is 89.0 Å². The third-order valence-electron chi connectivity index (χ3n) is 6.04. The minimum absolute atomic E-state index is 0.0188. The van der Waals surface area contributed by atoms with E-state index >= 15 is 0 Å². The summed E-state index contributed by atoms with van der Waals surface area (Å²) in [4.78, 5) is 27.2. The third kappa shape index (κ3) is 3.50. The Morgan fingerprint density at radius 1 is 1.00 bits per heavy atom. The van der Waals surface area contributed by atoms with Crippen LogP contribution in [0.5, 0.6) is 0 Å². The highest BCUT2D eigenvalue weighted by atomic mass is 16.2. The van der Waals surface area contributed by atoms with Gasteiger partial charge in [0.25, 0.3) is 11.8 Å². The molecule has 2 aliphatic rings. The highest BCUT2D eigenvalue weighted by Crippen LogP contribution is 2.33. The molecule has 2 amide bonds. The monoisotopic (exact) mass is 396 g/mol. The fraction of sp³-hybridized carbons (Fsp3) is 0.231. The lowest BCUT2D eigenvalue weighted by Crippen LogP contribution is -2.25. The zero-order chi connectivity index (χ0) is 20.7. The molecule has 0 saturated heterocycles. The van der Waals surface area contributed by atoms with E-state index in [1.807, 2.05) is 65.6 Å². The van der Waals surface area contributed by atoms with E-state index in [1.165, 1.54) is 12.8 Å². The zero-order valence-corrected chi connectivity index (χ0v) is 17.0. The second-order valence-electron chi connectivity index (χ2n) is 8.28. The van der Waals surface area contributed by atoms with Gasteiger partial charge in [-0.1, -0.05) is 30.3 Å². The third-order valence-corrected chi connectivity index (χ3v) is 6.04. The predicted octanol–water partition coefficient (Wildman–Crippen LogP) is 4.96. The molecular formula is C26H24N2O2. The molecule has 3 aromatic carbocycles. The summed E-state index contributed by atoms with van der Waals surface area (Å²) in [6, 6.07) is 21.6. The molecule has 1 N–H and O–H groups in total. The molecule has 4 heteroatoms. The Morgan fingerprint density at radius 2 is 1.80 bits per heavy atom. The second kappa shape index (κ2) is 7.45. The van der Waals surface area contributed by atoms with Gasteiger partial charge in [-0.3, -0.25) is 9.59 Å². The normalized spacial score (nSPS) is 15.2. The lowest BCUT2D eigenvalue weighted by Gasteiger charge is -2.15. The topological polar surface area (TPSA) is 49.4 Å². The molecule has 1 aliphatic carbocycles. The summed E-state index contributed by atoms with van der Waals surface area (Å²) in [5.74, 6) is 0.670. The summed E-state index contributed by atoms with van der Waals surface area (Å²) in [6.45, 7) is 3.38. The first-order chi connectivity index (χ1) is 14.6. The van der Waals surface area contributed by atoms with E-state index in [2.05, 4.69) is 18.3 Å². The van der Waals surface area contributed by atoms with Crippen LogP contribution in [0.4, 0.5) is 5.69 Å². The number of anilines is 1. The van der Waals surface area contributed by atoms with Crippen LogP contribution < -0.4 is 10.2 Å². The molecule has 1 aliphatic heterocycles. The minimum Gasteiger partial charge on any atom is -0.352 e. The quantitative estimate of drug-likeness (QED) is 0.662. The maximum absolute atomic E-state index is 12.9. The minimum atomic E-state index is -0.0188. The van der Waals surface area contributed by atoms with E-state index in [4.69, 9.17) is 0 Å². The van der Waals surface area contributed by atoms with Gasteiger partial charge in [0.2, 0.25) is 0 Å². The lowest BCUT2D eigenvalue weighted by atomic mass is 9.95. The van der Waals surface area contributed by atoms with Crippen molar-refractivity contribution in [2.75, 3.05) is 11.4 Å². The number of amides is 2. The number of aryl methyl sites for hydroxylation is 1. The van der Waals surface area contributed by atoms with E-state index < -0.39 is 0 Å². The van der Waals surface area contributed by atoms with Crippen LogP contribution in [0.1, 0.15) is 44.7 Å². The van der Waals surface area contributed by atoms with Crippen LogP contribution >= 0.6 is 0 Å². The van der Waals surface area contributed by atoms with Crippen LogP contribution in [0.2, 0.25) is 0 Å². The largest absolute Gasteiger partial charge is 0.352 e. The van der Waals surface area contributed by atoms with Crippen molar-refractivity contribution in [1.29, 1.82) is 0 Å².